The smallest absolute Gasteiger partial charge is 0.356 e. The van der Waals surface area contributed by atoms with E-state index in [-0.39, 0.29) is 18.1 Å². The number of amides is 1. The Morgan fingerprint density at radius 2 is 1.95 bits per heavy atom. The first-order valence-electron chi connectivity index (χ1n) is 5.97. The summed E-state index contributed by atoms with van der Waals surface area (Å²) in [6, 6.07) is 2.95. The van der Waals surface area contributed by atoms with E-state index in [1.807, 2.05) is 6.92 Å². The fourth-order valence-electron chi connectivity index (χ4n) is 1.46. The van der Waals surface area contributed by atoms with E-state index in [9.17, 15) is 9.59 Å². The molecule has 0 fully saturated rings. The van der Waals surface area contributed by atoms with Crippen LogP contribution >= 0.6 is 0 Å². The van der Waals surface area contributed by atoms with Gasteiger partial charge in [-0.3, -0.25) is 4.79 Å². The highest BCUT2D eigenvalue weighted by atomic mass is 16.4. The summed E-state index contributed by atoms with van der Waals surface area (Å²) in [5, 5.41) is 16.2. The number of likely N-dealkylation sites (N-methyl/N-ethyl adjacent to an activating group) is 1. The quantitative estimate of drug-likeness (QED) is 0.806. The monoisotopic (exact) mass is 266 g/mol. The van der Waals surface area contributed by atoms with Gasteiger partial charge in [0.2, 0.25) is 5.91 Å². The number of aromatic nitrogens is 2. The van der Waals surface area contributed by atoms with Crippen LogP contribution in [0.15, 0.2) is 12.1 Å². The summed E-state index contributed by atoms with van der Waals surface area (Å²) in [5.41, 5.74) is -0.112. The van der Waals surface area contributed by atoms with Gasteiger partial charge in [-0.2, -0.15) is 0 Å². The molecular weight excluding hydrogens is 248 g/mol. The van der Waals surface area contributed by atoms with Crippen LogP contribution < -0.4 is 4.90 Å². The number of carbonyl (C=O) groups is 2. The lowest BCUT2D eigenvalue weighted by Crippen LogP contribution is -2.37. The van der Waals surface area contributed by atoms with Crippen LogP contribution in [0.5, 0.6) is 0 Å². The first kappa shape index (κ1) is 14.9. The van der Waals surface area contributed by atoms with Crippen LogP contribution in [0, 0.1) is 0 Å². The molecule has 19 heavy (non-hydrogen) atoms. The summed E-state index contributed by atoms with van der Waals surface area (Å²) >= 11 is 0. The molecule has 0 aliphatic rings. The molecule has 1 amide bonds. The van der Waals surface area contributed by atoms with Crippen LogP contribution in [0.3, 0.4) is 0 Å². The van der Waals surface area contributed by atoms with E-state index in [4.69, 9.17) is 5.11 Å². The number of aromatic carboxylic acids is 1. The van der Waals surface area contributed by atoms with Crippen LogP contribution in [0.4, 0.5) is 5.82 Å². The molecule has 1 rings (SSSR count). The van der Waals surface area contributed by atoms with Crippen molar-refractivity contribution in [3.8, 4) is 0 Å². The third kappa shape index (κ3) is 4.20. The highest BCUT2D eigenvalue weighted by Crippen LogP contribution is 2.10. The van der Waals surface area contributed by atoms with E-state index in [2.05, 4.69) is 10.2 Å². The number of anilines is 1. The second-order valence-electron chi connectivity index (χ2n) is 4.29. The largest absolute Gasteiger partial charge is 0.476 e. The lowest BCUT2D eigenvalue weighted by Gasteiger charge is -2.23. The van der Waals surface area contributed by atoms with Gasteiger partial charge in [0, 0.05) is 20.6 Å². The normalized spacial score (nSPS) is 10.1. The van der Waals surface area contributed by atoms with Gasteiger partial charge in [-0.25, -0.2) is 4.79 Å². The topological polar surface area (TPSA) is 86.6 Å². The Kier molecular flexibility index (Phi) is 5.23. The molecule has 7 nitrogen and oxygen atoms in total. The van der Waals surface area contributed by atoms with Gasteiger partial charge in [0.25, 0.3) is 0 Å². The molecule has 0 radical (unpaired) electrons. The molecule has 0 aromatic carbocycles. The number of hydrogen-bond acceptors (Lipinski definition) is 5. The van der Waals surface area contributed by atoms with Crippen LogP contribution in [0.2, 0.25) is 0 Å². The zero-order valence-corrected chi connectivity index (χ0v) is 11.3. The Labute approximate surface area is 111 Å². The van der Waals surface area contributed by atoms with Crippen molar-refractivity contribution in [1.82, 2.24) is 15.1 Å². The first-order chi connectivity index (χ1) is 8.95. The second kappa shape index (κ2) is 6.67. The van der Waals surface area contributed by atoms with Gasteiger partial charge in [-0.15, -0.1) is 10.2 Å². The van der Waals surface area contributed by atoms with Gasteiger partial charge in [-0.1, -0.05) is 6.92 Å². The summed E-state index contributed by atoms with van der Waals surface area (Å²) in [5.74, 6) is -0.662. The summed E-state index contributed by atoms with van der Waals surface area (Å²) in [6.07, 6.45) is 0.850. The molecule has 0 aliphatic heterocycles. The molecule has 0 bridgehead atoms. The number of rotatable bonds is 6. The van der Waals surface area contributed by atoms with Crippen molar-refractivity contribution in [1.29, 1.82) is 0 Å². The van der Waals surface area contributed by atoms with Crippen LogP contribution in [0.1, 0.15) is 23.8 Å². The van der Waals surface area contributed by atoms with Crippen molar-refractivity contribution in [2.75, 3.05) is 32.1 Å². The highest BCUT2D eigenvalue weighted by Gasteiger charge is 2.15. The average molecular weight is 266 g/mol. The summed E-state index contributed by atoms with van der Waals surface area (Å²) in [7, 11) is 3.37. The standard InChI is InChI=1S/C12H18N4O3/c1-4-7-16(8-11(17)15(2)3)10-6-5-9(12(18)19)13-14-10/h5-6H,4,7-8H2,1-3H3,(H,18,19). The predicted octanol–water partition coefficient (Wildman–Crippen LogP) is 0.479. The Morgan fingerprint density at radius 3 is 2.37 bits per heavy atom. The number of carboxylic acids is 1. The maximum atomic E-state index is 11.7. The van der Waals surface area contributed by atoms with Crippen LogP contribution in [-0.2, 0) is 4.79 Å². The molecule has 0 saturated carbocycles. The molecule has 0 atom stereocenters. The molecule has 7 heteroatoms. The van der Waals surface area contributed by atoms with Gasteiger partial charge in [-0.05, 0) is 18.6 Å². The molecule has 0 aliphatic carbocycles. The molecule has 1 N–H and O–H groups in total. The van der Waals surface area contributed by atoms with Crippen molar-refractivity contribution >= 4 is 17.7 Å². The molecule has 104 valence electrons. The minimum Gasteiger partial charge on any atom is -0.476 e. The molecule has 0 spiro atoms. The molecule has 1 aromatic heterocycles. The Balaban J connectivity index is 2.86. The Morgan fingerprint density at radius 1 is 1.26 bits per heavy atom. The first-order valence-corrected chi connectivity index (χ1v) is 5.97. The maximum absolute atomic E-state index is 11.7. The van der Waals surface area contributed by atoms with E-state index < -0.39 is 5.97 Å². The molecule has 0 unspecified atom stereocenters. The minimum atomic E-state index is -1.12. The molecule has 1 aromatic rings. The lowest BCUT2D eigenvalue weighted by atomic mass is 10.3. The fourth-order valence-corrected chi connectivity index (χ4v) is 1.46. The van der Waals surface area contributed by atoms with Crippen molar-refractivity contribution < 1.29 is 14.7 Å². The Bertz CT molecular complexity index is 445. The van der Waals surface area contributed by atoms with Crippen molar-refractivity contribution in [3.05, 3.63) is 17.8 Å². The zero-order valence-electron chi connectivity index (χ0n) is 11.3. The number of hydrogen-bond donors (Lipinski definition) is 1. The van der Waals surface area contributed by atoms with Crippen molar-refractivity contribution in [2.24, 2.45) is 0 Å². The van der Waals surface area contributed by atoms with Gasteiger partial charge in [0.1, 0.15) is 0 Å². The lowest BCUT2D eigenvalue weighted by molar-refractivity contribution is -0.127. The van der Waals surface area contributed by atoms with Gasteiger partial charge in [0.05, 0.1) is 6.54 Å². The summed E-state index contributed by atoms with van der Waals surface area (Å²) in [4.78, 5) is 25.7. The Hall–Kier alpha value is -2.18. The molecular formula is C12H18N4O3. The van der Waals surface area contributed by atoms with Crippen molar-refractivity contribution in [2.45, 2.75) is 13.3 Å². The van der Waals surface area contributed by atoms with Gasteiger partial charge < -0.3 is 14.9 Å². The molecule has 1 heterocycles. The maximum Gasteiger partial charge on any atom is 0.356 e. The molecule has 0 saturated heterocycles. The third-order valence-electron chi connectivity index (χ3n) is 2.51. The van der Waals surface area contributed by atoms with Crippen LogP contribution in [-0.4, -0.2) is 59.3 Å². The number of nitrogens with zero attached hydrogens (tertiary/aromatic N) is 4. The van der Waals surface area contributed by atoms with E-state index in [0.29, 0.717) is 12.4 Å². The van der Waals surface area contributed by atoms with Gasteiger partial charge >= 0.3 is 5.97 Å². The fraction of sp³-hybridized carbons (Fsp3) is 0.500. The minimum absolute atomic E-state index is 0.0439. The van der Waals surface area contributed by atoms with E-state index in [1.165, 1.54) is 11.0 Å². The van der Waals surface area contributed by atoms with Crippen molar-refractivity contribution in [3.63, 3.8) is 0 Å². The summed E-state index contributed by atoms with van der Waals surface area (Å²) in [6.45, 7) is 2.84. The number of carbonyl (C=O) groups excluding carboxylic acids is 1. The SMILES string of the molecule is CCCN(CC(=O)N(C)C)c1ccc(C(=O)O)nn1. The summed E-state index contributed by atoms with van der Waals surface area (Å²) < 4.78 is 0. The highest BCUT2D eigenvalue weighted by molar-refractivity contribution is 5.85. The predicted molar refractivity (Wildman–Crippen MR) is 70.2 cm³/mol. The van der Waals surface area contributed by atoms with E-state index >= 15 is 0 Å². The number of carboxylic acid groups (broad SMARTS) is 1. The second-order valence-corrected chi connectivity index (χ2v) is 4.29. The van der Waals surface area contributed by atoms with Gasteiger partial charge in [0.15, 0.2) is 11.5 Å². The zero-order chi connectivity index (χ0) is 14.4. The van der Waals surface area contributed by atoms with E-state index in [0.717, 1.165) is 6.42 Å². The average Bonchev–Trinajstić information content (AvgIpc) is 2.38. The van der Waals surface area contributed by atoms with Crippen LogP contribution in [0.25, 0.3) is 0 Å². The van der Waals surface area contributed by atoms with E-state index in [1.54, 1.807) is 25.1 Å². The third-order valence-corrected chi connectivity index (χ3v) is 2.51.